The molecule has 1 N–H and O–H groups in total. The summed E-state index contributed by atoms with van der Waals surface area (Å²) in [6.45, 7) is 0.133. The molecule has 1 amide bonds. The van der Waals surface area contributed by atoms with Gasteiger partial charge in [0.05, 0.1) is 5.92 Å². The van der Waals surface area contributed by atoms with Gasteiger partial charge in [0.2, 0.25) is 12.7 Å². The first-order chi connectivity index (χ1) is 17.1. The van der Waals surface area contributed by atoms with E-state index in [1.807, 2.05) is 30.3 Å². The molecule has 0 bridgehead atoms. The van der Waals surface area contributed by atoms with E-state index in [0.29, 0.717) is 33.6 Å². The van der Waals surface area contributed by atoms with Gasteiger partial charge in [-0.2, -0.15) is 0 Å². The summed E-state index contributed by atoms with van der Waals surface area (Å²) in [4.78, 5) is 30.8. The van der Waals surface area contributed by atoms with Crippen LogP contribution in [-0.2, 0) is 10.3 Å². The Morgan fingerprint density at radius 2 is 1.89 bits per heavy atom. The van der Waals surface area contributed by atoms with Gasteiger partial charge in [-0.3, -0.25) is 14.5 Å². The third-order valence-corrected chi connectivity index (χ3v) is 8.98. The quantitative estimate of drug-likeness (QED) is 0.512. The Kier molecular flexibility index (Phi) is 4.72. The number of Topliss-reactive ketones (excluding diaryl/α,β-unsaturated/α-hetero) is 1. The first kappa shape index (κ1) is 21.3. The number of fused-ring (bicyclic) bond motifs is 5. The number of anilines is 1. The summed E-state index contributed by atoms with van der Waals surface area (Å²) in [5.41, 5.74) is 1.91. The number of carbonyl (C=O) groups excluding carboxylic acids is 2. The van der Waals surface area contributed by atoms with E-state index in [4.69, 9.17) is 21.1 Å². The number of hydrogen-bond acceptors (Lipinski definition) is 6. The molecule has 7 rings (SSSR count). The van der Waals surface area contributed by atoms with Gasteiger partial charge in [-0.25, -0.2) is 0 Å². The SMILES string of the molecule is O=C(c1ccc2c(c1)OCO2)[C@@H]1[C@@H](c2ccccc2)[C@H]2CSCN2[C@@]12C(=O)Nc1ccc(Cl)cc12. The van der Waals surface area contributed by atoms with E-state index in [1.165, 1.54) is 0 Å². The summed E-state index contributed by atoms with van der Waals surface area (Å²) in [5, 5.41) is 3.62. The van der Waals surface area contributed by atoms with Gasteiger partial charge in [0.1, 0.15) is 5.54 Å². The van der Waals surface area contributed by atoms with Gasteiger partial charge in [-0.05, 0) is 42.0 Å². The Hall–Kier alpha value is -3.00. The predicted molar refractivity (Wildman–Crippen MR) is 134 cm³/mol. The number of thioether (sulfide) groups is 1. The highest BCUT2D eigenvalue weighted by molar-refractivity contribution is 7.99. The van der Waals surface area contributed by atoms with Crippen molar-refractivity contribution in [2.75, 3.05) is 23.7 Å². The third-order valence-electron chi connectivity index (χ3n) is 7.71. The number of nitrogens with zero attached hydrogens (tertiary/aromatic N) is 1. The summed E-state index contributed by atoms with van der Waals surface area (Å²) in [7, 11) is 0. The van der Waals surface area contributed by atoms with Crippen LogP contribution >= 0.6 is 23.4 Å². The second-order valence-corrected chi connectivity index (χ2v) is 10.7. The molecule has 2 fully saturated rings. The summed E-state index contributed by atoms with van der Waals surface area (Å²) >= 11 is 8.26. The molecule has 35 heavy (non-hydrogen) atoms. The lowest BCUT2D eigenvalue weighted by Crippen LogP contribution is -2.52. The number of nitrogens with one attached hydrogen (secondary N) is 1. The summed E-state index contributed by atoms with van der Waals surface area (Å²) in [5.74, 6) is 1.62. The zero-order valence-corrected chi connectivity index (χ0v) is 20.1. The normalized spacial score (nSPS) is 28.3. The van der Waals surface area contributed by atoms with Crippen molar-refractivity contribution in [3.63, 3.8) is 0 Å². The second-order valence-electron chi connectivity index (χ2n) is 9.29. The molecule has 4 heterocycles. The van der Waals surface area contributed by atoms with Crippen molar-refractivity contribution in [2.24, 2.45) is 5.92 Å². The fraction of sp³-hybridized carbons (Fsp3) is 0.259. The van der Waals surface area contributed by atoms with E-state index in [1.54, 1.807) is 36.0 Å². The van der Waals surface area contributed by atoms with E-state index in [-0.39, 0.29) is 30.4 Å². The minimum Gasteiger partial charge on any atom is -0.454 e. The van der Waals surface area contributed by atoms with Crippen molar-refractivity contribution in [1.82, 2.24) is 4.90 Å². The molecule has 3 aromatic carbocycles. The van der Waals surface area contributed by atoms with Crippen LogP contribution in [0.1, 0.15) is 27.4 Å². The summed E-state index contributed by atoms with van der Waals surface area (Å²) in [6.07, 6.45) is 0. The molecule has 4 aliphatic heterocycles. The molecule has 4 aliphatic rings. The molecule has 0 radical (unpaired) electrons. The van der Waals surface area contributed by atoms with Crippen LogP contribution in [0.2, 0.25) is 5.02 Å². The monoisotopic (exact) mass is 504 g/mol. The van der Waals surface area contributed by atoms with E-state index < -0.39 is 11.5 Å². The summed E-state index contributed by atoms with van der Waals surface area (Å²) in [6, 6.07) is 20.9. The van der Waals surface area contributed by atoms with Gasteiger partial charge < -0.3 is 14.8 Å². The number of amides is 1. The number of ether oxygens (including phenoxy) is 2. The van der Waals surface area contributed by atoms with E-state index in [2.05, 4.69) is 22.3 Å². The zero-order chi connectivity index (χ0) is 23.7. The van der Waals surface area contributed by atoms with Crippen LogP contribution in [-0.4, -0.2) is 41.1 Å². The number of carbonyl (C=O) groups is 2. The summed E-state index contributed by atoms with van der Waals surface area (Å²) < 4.78 is 11.0. The molecule has 6 nitrogen and oxygen atoms in total. The van der Waals surface area contributed by atoms with E-state index in [0.717, 1.165) is 16.9 Å². The Bertz CT molecular complexity index is 1380. The fourth-order valence-electron chi connectivity index (χ4n) is 6.33. The van der Waals surface area contributed by atoms with Crippen molar-refractivity contribution in [1.29, 1.82) is 0 Å². The van der Waals surface area contributed by atoms with E-state index >= 15 is 0 Å². The van der Waals surface area contributed by atoms with Crippen LogP contribution in [0.5, 0.6) is 11.5 Å². The van der Waals surface area contributed by atoms with Gasteiger partial charge >= 0.3 is 0 Å². The lowest BCUT2D eigenvalue weighted by molar-refractivity contribution is -0.127. The van der Waals surface area contributed by atoms with Crippen molar-refractivity contribution < 1.29 is 19.1 Å². The Balaban J connectivity index is 1.47. The Morgan fingerprint density at radius 1 is 1.06 bits per heavy atom. The highest BCUT2D eigenvalue weighted by atomic mass is 35.5. The van der Waals surface area contributed by atoms with Gasteiger partial charge in [0.15, 0.2) is 17.3 Å². The smallest absolute Gasteiger partial charge is 0.250 e. The number of ketones is 1. The van der Waals surface area contributed by atoms with Gasteiger partial charge in [-0.15, -0.1) is 11.8 Å². The number of rotatable bonds is 3. The topological polar surface area (TPSA) is 67.9 Å². The standard InChI is InChI=1S/C27H21ClN2O4S/c28-17-7-8-19-18(11-17)27(26(32)29-19)24(25(31)16-6-9-21-22(10-16)34-14-33-21)23(15-4-2-1-3-5-15)20-12-35-13-30(20)27/h1-11,20,23-24H,12-14H2,(H,29,32)/t20-,23+,24+,27-/m1/s1. The van der Waals surface area contributed by atoms with Gasteiger partial charge in [-0.1, -0.05) is 41.9 Å². The molecule has 0 saturated carbocycles. The molecule has 0 aromatic heterocycles. The molecule has 4 atom stereocenters. The average Bonchev–Trinajstić information content (AvgIpc) is 3.63. The lowest BCUT2D eigenvalue weighted by Gasteiger charge is -2.36. The van der Waals surface area contributed by atoms with Crippen LogP contribution in [0.4, 0.5) is 5.69 Å². The first-order valence-corrected chi connectivity index (χ1v) is 13.1. The third kappa shape index (κ3) is 2.89. The van der Waals surface area contributed by atoms with Crippen molar-refractivity contribution in [3.8, 4) is 11.5 Å². The largest absolute Gasteiger partial charge is 0.454 e. The zero-order valence-electron chi connectivity index (χ0n) is 18.6. The van der Waals surface area contributed by atoms with Crippen molar-refractivity contribution in [2.45, 2.75) is 17.5 Å². The molecule has 0 unspecified atom stereocenters. The van der Waals surface area contributed by atoms with E-state index in [9.17, 15) is 9.59 Å². The Morgan fingerprint density at radius 3 is 2.74 bits per heavy atom. The Labute approximate surface area is 211 Å². The maximum atomic E-state index is 14.5. The van der Waals surface area contributed by atoms with Crippen molar-refractivity contribution in [3.05, 3.63) is 88.4 Å². The molecule has 2 saturated heterocycles. The predicted octanol–water partition coefficient (Wildman–Crippen LogP) is 4.89. The maximum absolute atomic E-state index is 14.5. The molecular formula is C27H21ClN2O4S. The molecule has 1 spiro atoms. The maximum Gasteiger partial charge on any atom is 0.250 e. The van der Waals surface area contributed by atoms with Crippen LogP contribution in [0.15, 0.2) is 66.7 Å². The lowest BCUT2D eigenvalue weighted by atomic mass is 9.69. The second kappa shape index (κ2) is 7.75. The number of hydrogen-bond donors (Lipinski definition) is 1. The molecule has 176 valence electrons. The molecular weight excluding hydrogens is 484 g/mol. The van der Waals surface area contributed by atoms with Crippen LogP contribution in [0.3, 0.4) is 0 Å². The molecule has 3 aromatic rings. The first-order valence-electron chi connectivity index (χ1n) is 11.5. The number of benzene rings is 3. The van der Waals surface area contributed by atoms with Crippen LogP contribution in [0.25, 0.3) is 0 Å². The molecule has 0 aliphatic carbocycles. The minimum absolute atomic E-state index is 0.0287. The minimum atomic E-state index is -1.15. The average molecular weight is 505 g/mol. The van der Waals surface area contributed by atoms with Crippen LogP contribution < -0.4 is 14.8 Å². The van der Waals surface area contributed by atoms with Gasteiger partial charge in [0.25, 0.3) is 0 Å². The van der Waals surface area contributed by atoms with Gasteiger partial charge in [0, 0.05) is 45.4 Å². The van der Waals surface area contributed by atoms with Crippen LogP contribution in [0, 0.1) is 5.92 Å². The highest BCUT2D eigenvalue weighted by Gasteiger charge is 2.69. The number of halogens is 1. The highest BCUT2D eigenvalue weighted by Crippen LogP contribution is 2.61. The fourth-order valence-corrected chi connectivity index (χ4v) is 7.82. The molecule has 8 heteroatoms. The van der Waals surface area contributed by atoms with Crippen molar-refractivity contribution >= 4 is 40.7 Å².